The molecule has 5 aliphatic heterocycles. The van der Waals surface area contributed by atoms with Crippen LogP contribution in [0.3, 0.4) is 0 Å². The minimum Gasteiger partial charge on any atom is -0.256 e. The summed E-state index contributed by atoms with van der Waals surface area (Å²) in [6.45, 7) is 8.26. The first kappa shape index (κ1) is 31.2. The lowest BCUT2D eigenvalue weighted by atomic mass is 10.0. The molecule has 0 saturated heterocycles. The molecule has 9 rings (SSSR count). The van der Waals surface area contributed by atoms with E-state index in [-0.39, 0.29) is 0 Å². The molecule has 5 aliphatic rings. The van der Waals surface area contributed by atoms with Crippen LogP contribution in [0.25, 0.3) is 22.3 Å². The number of hydrogen-bond donors (Lipinski definition) is 0. The molecule has 0 N–H and O–H groups in total. The van der Waals surface area contributed by atoms with Crippen molar-refractivity contribution < 1.29 is 0 Å². The van der Waals surface area contributed by atoms with Gasteiger partial charge in [0.2, 0.25) is 0 Å². The van der Waals surface area contributed by atoms with Crippen LogP contribution < -0.4 is 0 Å². The first-order valence-electron chi connectivity index (χ1n) is 17.2. The maximum atomic E-state index is 5.29. The Morgan fingerprint density at radius 3 is 0.750 bits per heavy atom. The summed E-state index contributed by atoms with van der Waals surface area (Å²) < 4.78 is 0. The summed E-state index contributed by atoms with van der Waals surface area (Å²) in [6.07, 6.45) is 23.6. The van der Waals surface area contributed by atoms with Gasteiger partial charge in [0.1, 0.15) is 0 Å². The summed E-state index contributed by atoms with van der Waals surface area (Å²) in [7, 11) is 0. The van der Waals surface area contributed by atoms with Gasteiger partial charge in [-0.25, -0.2) is 20.0 Å². The quantitative estimate of drug-likeness (QED) is 0.217. The molecule has 8 nitrogen and oxygen atoms in total. The zero-order valence-corrected chi connectivity index (χ0v) is 29.1. The Hall–Kier alpha value is -6.80. The average Bonchev–Trinajstić information content (AvgIpc) is 3.96. The van der Waals surface area contributed by atoms with Crippen molar-refractivity contribution in [1.82, 2.24) is 19.9 Å². The number of nitrogens with zero attached hydrogens (tertiary/aromatic N) is 8. The number of allylic oxidation sites excluding steroid dienone is 12. The first-order chi connectivity index (χ1) is 25.4. The highest BCUT2D eigenvalue weighted by atomic mass is 14.9. The van der Waals surface area contributed by atoms with Crippen molar-refractivity contribution in [2.45, 2.75) is 27.7 Å². The van der Waals surface area contributed by atoms with Crippen molar-refractivity contribution in [3.05, 3.63) is 190 Å². The average molecular weight is 673 g/mol. The number of aromatic nitrogens is 4. The van der Waals surface area contributed by atoms with Gasteiger partial charge >= 0.3 is 0 Å². The van der Waals surface area contributed by atoms with E-state index in [4.69, 9.17) is 39.9 Å². The van der Waals surface area contributed by atoms with E-state index in [0.717, 1.165) is 113 Å². The molecule has 248 valence electrons. The standard InChI is InChI=1S/C44H32N8/c1-25-13-17-45-37(21-25)41-29-5-7-31(49-29)42(38-22-26(2)14-18-46-38)33-9-11-35(51-33)44(40-24-28(4)16-20-48-40)36-12-10-34(52-36)43(32-8-6-30(41)50-32)39-23-27(3)15-19-47-39/h5-24H,1-4H3. The lowest BCUT2D eigenvalue weighted by Crippen LogP contribution is -2.06. The third-order valence-corrected chi connectivity index (χ3v) is 9.30. The fourth-order valence-corrected chi connectivity index (χ4v) is 6.83. The summed E-state index contributed by atoms with van der Waals surface area (Å²) in [5.41, 5.74) is 16.8. The van der Waals surface area contributed by atoms with Gasteiger partial charge in [0.05, 0.1) is 90.7 Å². The van der Waals surface area contributed by atoms with Crippen LogP contribution in [0.15, 0.2) is 165 Å². The van der Waals surface area contributed by atoms with E-state index in [9.17, 15) is 0 Å². The highest BCUT2D eigenvalue weighted by Crippen LogP contribution is 2.37. The molecule has 4 aromatic heterocycles. The fraction of sp³-hybridized carbons (Fsp3) is 0.0909. The Morgan fingerprint density at radius 2 is 0.538 bits per heavy atom. The van der Waals surface area contributed by atoms with Crippen LogP contribution >= 0.6 is 0 Å². The molecule has 0 amide bonds. The molecule has 0 aliphatic carbocycles. The van der Waals surface area contributed by atoms with E-state index in [1.165, 1.54) is 0 Å². The van der Waals surface area contributed by atoms with Gasteiger partial charge in [-0.15, -0.1) is 0 Å². The lowest BCUT2D eigenvalue weighted by Gasteiger charge is -2.12. The molecule has 4 aromatic rings. The third kappa shape index (κ3) is 5.60. The van der Waals surface area contributed by atoms with Gasteiger partial charge in [-0.1, -0.05) is 0 Å². The SMILES string of the molecule is Cc1ccnc(C2=C3C=CC(=N3)C(c3cc(C)ccn3)=C3C=CC(=N3)C(c3cc(C)ccn3)=C3C=CC(=N3)C(c3cc(C)ccn3)=C3C=CC2=N3)c1. The third-order valence-electron chi connectivity index (χ3n) is 9.30. The summed E-state index contributed by atoms with van der Waals surface area (Å²) in [4.78, 5) is 40.4. The number of fused-ring (bicyclic) bond motifs is 4. The summed E-state index contributed by atoms with van der Waals surface area (Å²) in [5, 5.41) is 0. The number of pyridine rings is 4. The highest BCUT2D eigenvalue weighted by Gasteiger charge is 2.28. The number of aryl methyl sites for hydroxylation is 4. The minimum absolute atomic E-state index is 0.752. The number of aliphatic imine (C=N–C) groups is 4. The Balaban J connectivity index is 1.38. The van der Waals surface area contributed by atoms with Gasteiger partial charge in [-0.3, -0.25) is 19.9 Å². The molecular weight excluding hydrogens is 641 g/mol. The molecule has 0 spiro atoms. The molecule has 0 aromatic carbocycles. The summed E-state index contributed by atoms with van der Waals surface area (Å²) >= 11 is 0. The number of hydrogen-bond acceptors (Lipinski definition) is 8. The van der Waals surface area contributed by atoms with Crippen LogP contribution in [0.5, 0.6) is 0 Å². The van der Waals surface area contributed by atoms with E-state index >= 15 is 0 Å². The minimum atomic E-state index is 0.752. The van der Waals surface area contributed by atoms with Crippen LogP contribution in [0.4, 0.5) is 0 Å². The fourth-order valence-electron chi connectivity index (χ4n) is 6.83. The van der Waals surface area contributed by atoms with E-state index in [0.29, 0.717) is 0 Å². The Morgan fingerprint density at radius 1 is 0.308 bits per heavy atom. The summed E-state index contributed by atoms with van der Waals surface area (Å²) in [6, 6.07) is 16.3. The van der Waals surface area contributed by atoms with Gasteiger partial charge in [0.15, 0.2) is 0 Å². The van der Waals surface area contributed by atoms with Crippen LogP contribution in [-0.4, -0.2) is 42.8 Å². The molecule has 0 atom stereocenters. The maximum absolute atomic E-state index is 5.29. The Labute approximate surface area is 301 Å². The molecule has 8 heteroatoms. The Bertz CT molecular complexity index is 2280. The van der Waals surface area contributed by atoms with Crippen molar-refractivity contribution in [3.8, 4) is 0 Å². The first-order valence-corrected chi connectivity index (χ1v) is 17.2. The maximum Gasteiger partial charge on any atom is 0.0753 e. The number of rotatable bonds is 4. The predicted molar refractivity (Wildman–Crippen MR) is 210 cm³/mol. The van der Waals surface area contributed by atoms with Crippen molar-refractivity contribution in [2.24, 2.45) is 20.0 Å². The zero-order valence-electron chi connectivity index (χ0n) is 29.1. The molecular formula is C44H32N8. The van der Waals surface area contributed by atoms with Crippen molar-refractivity contribution in [2.75, 3.05) is 0 Å². The van der Waals surface area contributed by atoms with Gasteiger partial charge < -0.3 is 0 Å². The second kappa shape index (κ2) is 12.5. The molecule has 52 heavy (non-hydrogen) atoms. The highest BCUT2D eigenvalue weighted by molar-refractivity contribution is 6.39. The normalized spacial score (nSPS) is 17.5. The molecule has 0 saturated carbocycles. The second-order valence-electron chi connectivity index (χ2n) is 13.2. The van der Waals surface area contributed by atoms with Gasteiger partial charge in [0, 0.05) is 24.8 Å². The van der Waals surface area contributed by atoms with E-state index in [1.807, 2.05) is 97.7 Å². The van der Waals surface area contributed by atoms with Crippen LogP contribution in [0.2, 0.25) is 0 Å². The van der Waals surface area contributed by atoms with E-state index < -0.39 is 0 Å². The smallest absolute Gasteiger partial charge is 0.0753 e. The van der Waals surface area contributed by atoms with Crippen LogP contribution in [-0.2, 0) is 0 Å². The van der Waals surface area contributed by atoms with E-state index in [2.05, 4.69) is 52.0 Å². The van der Waals surface area contributed by atoms with Gasteiger partial charge in [-0.05, 0) is 147 Å². The molecule has 0 unspecified atom stereocenters. The van der Waals surface area contributed by atoms with Crippen LogP contribution in [0, 0.1) is 27.7 Å². The van der Waals surface area contributed by atoms with E-state index in [1.54, 1.807) is 0 Å². The van der Waals surface area contributed by atoms with Crippen molar-refractivity contribution >= 4 is 45.1 Å². The summed E-state index contributed by atoms with van der Waals surface area (Å²) in [5.74, 6) is 0. The van der Waals surface area contributed by atoms with Gasteiger partial charge in [0.25, 0.3) is 0 Å². The van der Waals surface area contributed by atoms with Crippen molar-refractivity contribution in [3.63, 3.8) is 0 Å². The topological polar surface area (TPSA) is 101 Å². The second-order valence-corrected chi connectivity index (χ2v) is 13.2. The zero-order chi connectivity index (χ0) is 35.3. The van der Waals surface area contributed by atoms with Gasteiger partial charge in [-0.2, -0.15) is 0 Å². The lowest BCUT2D eigenvalue weighted by molar-refractivity contribution is 1.23. The molecule has 9 heterocycles. The largest absolute Gasteiger partial charge is 0.256 e. The van der Waals surface area contributed by atoms with Crippen molar-refractivity contribution in [1.29, 1.82) is 0 Å². The van der Waals surface area contributed by atoms with Crippen LogP contribution in [0.1, 0.15) is 45.0 Å². The molecule has 0 radical (unpaired) electrons. The Kier molecular flexibility index (Phi) is 7.51. The predicted octanol–water partition coefficient (Wildman–Crippen LogP) is 8.50. The molecule has 0 fully saturated rings. The monoisotopic (exact) mass is 672 g/mol. The molecule has 8 bridgehead atoms.